The second kappa shape index (κ2) is 7.83. The number of aryl methyl sites for hydroxylation is 1. The van der Waals surface area contributed by atoms with Crippen LogP contribution in [0.25, 0.3) is 0 Å². The first-order valence-corrected chi connectivity index (χ1v) is 12.5. The molecule has 0 amide bonds. The maximum atomic E-state index is 13.9. The van der Waals surface area contributed by atoms with Crippen molar-refractivity contribution in [3.63, 3.8) is 0 Å². The number of benzene rings is 2. The van der Waals surface area contributed by atoms with E-state index in [0.29, 0.717) is 12.2 Å². The van der Waals surface area contributed by atoms with Crippen LogP contribution < -0.4 is 0 Å². The molecule has 1 saturated carbocycles. The summed E-state index contributed by atoms with van der Waals surface area (Å²) in [4.78, 5) is 13.7. The molecule has 1 fully saturated rings. The molecule has 1 aliphatic heterocycles. The third-order valence-corrected chi connectivity index (χ3v) is 8.65. The fraction of sp³-hybridized carbons (Fsp3) is 0.400. The van der Waals surface area contributed by atoms with Crippen LogP contribution in [-0.4, -0.2) is 31.2 Å². The van der Waals surface area contributed by atoms with Crippen molar-refractivity contribution in [3.8, 4) is 0 Å². The lowest BCUT2D eigenvalue weighted by Gasteiger charge is -2.37. The molecular formula is C25H27NO4S. The van der Waals surface area contributed by atoms with Crippen molar-refractivity contribution in [1.82, 2.24) is 4.31 Å². The molecule has 6 heteroatoms. The smallest absolute Gasteiger partial charge is 0.264 e. The van der Waals surface area contributed by atoms with Crippen molar-refractivity contribution >= 4 is 15.8 Å². The van der Waals surface area contributed by atoms with E-state index in [9.17, 15) is 13.2 Å². The molecule has 2 aromatic rings. The Morgan fingerprint density at radius 3 is 2.35 bits per heavy atom. The van der Waals surface area contributed by atoms with Crippen LogP contribution in [0.1, 0.15) is 36.8 Å². The summed E-state index contributed by atoms with van der Waals surface area (Å²) in [5.41, 5.74) is 2.29. The number of sulfonamides is 1. The molecular weight excluding hydrogens is 410 g/mol. The Morgan fingerprint density at radius 2 is 1.65 bits per heavy atom. The van der Waals surface area contributed by atoms with Gasteiger partial charge in [-0.1, -0.05) is 60.9 Å². The zero-order valence-corrected chi connectivity index (χ0v) is 18.5. The Morgan fingerprint density at radius 1 is 0.968 bits per heavy atom. The molecule has 3 aliphatic rings. The molecule has 0 saturated heterocycles. The molecule has 31 heavy (non-hydrogen) atoms. The molecule has 5 rings (SSSR count). The molecule has 0 aromatic heterocycles. The average molecular weight is 438 g/mol. The van der Waals surface area contributed by atoms with Gasteiger partial charge in [-0.05, 0) is 43.9 Å². The normalized spacial score (nSPS) is 25.8. The molecule has 0 spiro atoms. The number of hydrogen-bond acceptors (Lipinski definition) is 4. The lowest BCUT2D eigenvalue weighted by molar-refractivity contribution is -0.121. The van der Waals surface area contributed by atoms with E-state index in [0.717, 1.165) is 36.8 Å². The van der Waals surface area contributed by atoms with Gasteiger partial charge in [-0.2, -0.15) is 0 Å². The van der Waals surface area contributed by atoms with Crippen molar-refractivity contribution in [2.24, 2.45) is 11.8 Å². The summed E-state index contributed by atoms with van der Waals surface area (Å²) < 4.78 is 35.3. The monoisotopic (exact) mass is 437 g/mol. The van der Waals surface area contributed by atoms with E-state index in [1.165, 1.54) is 4.31 Å². The number of Topliss-reactive ketones (excluding diaryl/α,β-unsaturated/α-hetero) is 1. The molecule has 5 nitrogen and oxygen atoms in total. The van der Waals surface area contributed by atoms with Gasteiger partial charge in [0.25, 0.3) is 10.0 Å². The Labute approximate surface area is 183 Å². The number of carbonyl (C=O) groups excluding carboxylic acids is 1. The van der Waals surface area contributed by atoms with Crippen LogP contribution >= 0.6 is 0 Å². The van der Waals surface area contributed by atoms with E-state index in [1.54, 1.807) is 24.3 Å². The standard InChI is InChI=1S/C25H27NO4S/c1-17-11-13-20(14-12-17)31(28,29)26-19(15-18-7-3-2-4-8-18)16-30-25-22-10-6-5-9-21(22)24(27)23(25)26/h2-4,7-8,11-14,19,21-22H,5-6,9-10,15-16H2,1H3/t19-,21-,22+/m0/s1. The van der Waals surface area contributed by atoms with E-state index in [4.69, 9.17) is 4.74 Å². The fourth-order valence-corrected chi connectivity index (χ4v) is 6.88. The first kappa shape index (κ1) is 20.3. The van der Waals surface area contributed by atoms with Crippen molar-refractivity contribution < 1.29 is 17.9 Å². The molecule has 0 unspecified atom stereocenters. The van der Waals surface area contributed by atoms with Crippen LogP contribution in [-0.2, 0) is 26.0 Å². The van der Waals surface area contributed by atoms with Gasteiger partial charge in [-0.15, -0.1) is 0 Å². The lowest BCUT2D eigenvalue weighted by atomic mass is 9.80. The van der Waals surface area contributed by atoms with E-state index < -0.39 is 16.1 Å². The highest BCUT2D eigenvalue weighted by atomic mass is 32.2. The van der Waals surface area contributed by atoms with Crippen molar-refractivity contribution in [1.29, 1.82) is 0 Å². The van der Waals surface area contributed by atoms with Gasteiger partial charge >= 0.3 is 0 Å². The quantitative estimate of drug-likeness (QED) is 0.718. The van der Waals surface area contributed by atoms with Crippen LogP contribution in [0.15, 0.2) is 70.9 Å². The topological polar surface area (TPSA) is 63.7 Å². The number of fused-ring (bicyclic) bond motifs is 2. The molecule has 0 bridgehead atoms. The Hall–Kier alpha value is -2.60. The summed E-state index contributed by atoms with van der Waals surface area (Å²) in [6.07, 6.45) is 4.24. The van der Waals surface area contributed by atoms with E-state index >= 15 is 0 Å². The highest BCUT2D eigenvalue weighted by Gasteiger charge is 2.52. The highest BCUT2D eigenvalue weighted by molar-refractivity contribution is 7.89. The number of ketones is 1. The number of carbonyl (C=O) groups is 1. The summed E-state index contributed by atoms with van der Waals surface area (Å²) in [6, 6.07) is 16.2. The zero-order valence-electron chi connectivity index (χ0n) is 17.7. The van der Waals surface area contributed by atoms with Crippen LogP contribution in [0.5, 0.6) is 0 Å². The third-order valence-electron chi connectivity index (χ3n) is 6.78. The average Bonchev–Trinajstić information content (AvgIpc) is 3.07. The zero-order chi connectivity index (χ0) is 21.6. The molecule has 3 atom stereocenters. The molecule has 1 heterocycles. The van der Waals surface area contributed by atoms with Crippen LogP contribution in [0.4, 0.5) is 0 Å². The predicted octanol–water partition coefficient (Wildman–Crippen LogP) is 4.23. The van der Waals surface area contributed by atoms with Gasteiger partial charge in [0.1, 0.15) is 18.1 Å². The second-order valence-corrected chi connectivity index (χ2v) is 10.7. The van der Waals surface area contributed by atoms with E-state index in [1.807, 2.05) is 37.3 Å². The van der Waals surface area contributed by atoms with Crippen molar-refractivity contribution in [2.45, 2.75) is 50.0 Å². The third kappa shape index (κ3) is 3.47. The number of rotatable bonds is 4. The number of hydrogen-bond donors (Lipinski definition) is 0. The van der Waals surface area contributed by atoms with Crippen LogP contribution in [0, 0.1) is 18.8 Å². The molecule has 2 aliphatic carbocycles. The SMILES string of the molecule is Cc1ccc(S(=O)(=O)N2C3=C(OC[C@@H]2Cc2ccccc2)[C@@H]2CCCC[C@@H]2C3=O)cc1. The maximum Gasteiger partial charge on any atom is 0.264 e. The fourth-order valence-electron chi connectivity index (χ4n) is 5.23. The largest absolute Gasteiger partial charge is 0.493 e. The Balaban J connectivity index is 1.61. The van der Waals surface area contributed by atoms with E-state index in [-0.39, 0.29) is 34.8 Å². The van der Waals surface area contributed by atoms with Gasteiger partial charge in [-0.25, -0.2) is 8.42 Å². The van der Waals surface area contributed by atoms with E-state index in [2.05, 4.69) is 0 Å². The minimum atomic E-state index is -3.90. The highest BCUT2D eigenvalue weighted by Crippen LogP contribution is 2.48. The summed E-state index contributed by atoms with van der Waals surface area (Å²) in [5.74, 6) is 0.414. The van der Waals surface area contributed by atoms with Gasteiger partial charge < -0.3 is 4.74 Å². The van der Waals surface area contributed by atoms with Gasteiger partial charge in [0, 0.05) is 11.8 Å². The van der Waals surface area contributed by atoms with Crippen LogP contribution in [0.2, 0.25) is 0 Å². The number of nitrogens with zero attached hydrogens (tertiary/aromatic N) is 1. The molecule has 2 aromatic carbocycles. The molecule has 162 valence electrons. The minimum absolute atomic E-state index is 0.0182. The van der Waals surface area contributed by atoms with Crippen molar-refractivity contribution in [3.05, 3.63) is 77.2 Å². The van der Waals surface area contributed by atoms with Gasteiger partial charge in [-0.3, -0.25) is 9.10 Å². The lowest BCUT2D eigenvalue weighted by Crippen LogP contribution is -2.48. The van der Waals surface area contributed by atoms with Gasteiger partial charge in [0.2, 0.25) is 0 Å². The summed E-state index contributed by atoms with van der Waals surface area (Å²) in [7, 11) is -3.90. The molecule has 0 radical (unpaired) electrons. The summed E-state index contributed by atoms with van der Waals surface area (Å²) in [5, 5.41) is 0. The summed E-state index contributed by atoms with van der Waals surface area (Å²) >= 11 is 0. The van der Waals surface area contributed by atoms with Gasteiger partial charge in [0.05, 0.1) is 10.9 Å². The Kier molecular flexibility index (Phi) is 5.13. The predicted molar refractivity (Wildman–Crippen MR) is 118 cm³/mol. The summed E-state index contributed by atoms with van der Waals surface area (Å²) in [6.45, 7) is 2.18. The first-order chi connectivity index (χ1) is 15.0. The van der Waals surface area contributed by atoms with Crippen molar-refractivity contribution in [2.75, 3.05) is 6.61 Å². The Bertz CT molecular complexity index is 1120. The first-order valence-electron chi connectivity index (χ1n) is 11.0. The maximum absolute atomic E-state index is 13.9. The number of allylic oxidation sites excluding steroid dienone is 2. The molecule has 0 N–H and O–H groups in total. The minimum Gasteiger partial charge on any atom is -0.493 e. The second-order valence-electron chi connectivity index (χ2n) is 8.84. The number of ether oxygens (including phenoxy) is 1. The van der Waals surface area contributed by atoms with Crippen LogP contribution in [0.3, 0.4) is 0 Å². The van der Waals surface area contributed by atoms with Gasteiger partial charge in [0.15, 0.2) is 5.78 Å².